The number of rotatable bonds is 8. The predicted molar refractivity (Wildman–Crippen MR) is 124 cm³/mol. The molecule has 6 nitrogen and oxygen atoms in total. The number of benzene rings is 3. The highest BCUT2D eigenvalue weighted by molar-refractivity contribution is 6.08. The first-order chi connectivity index (χ1) is 16.0. The lowest BCUT2D eigenvalue weighted by Crippen LogP contribution is -2.68. The number of hydrogen-bond acceptors (Lipinski definition) is 5. The van der Waals surface area contributed by atoms with Gasteiger partial charge in [0.15, 0.2) is 5.78 Å². The maximum Gasteiger partial charge on any atom is 0.232 e. The van der Waals surface area contributed by atoms with Gasteiger partial charge in [-0.3, -0.25) is 9.59 Å². The van der Waals surface area contributed by atoms with E-state index in [-0.39, 0.29) is 11.7 Å². The van der Waals surface area contributed by atoms with Crippen molar-refractivity contribution in [3.63, 3.8) is 0 Å². The standard InChI is InChI=1S/C27H27NO5/c1-17(29)23-25(26(30)20-7-5-4-6-8-20)28(27(23)31)24(18-9-13-21(32-2)14-10-18)19-11-15-22(33-3)16-12-19/h4-17,23-25,29H,1-3H3/t17-,23-,25+/m1/s1. The number of aliphatic hydroxyl groups is 1. The lowest BCUT2D eigenvalue weighted by atomic mass is 9.76. The number of aliphatic hydroxyl groups excluding tert-OH is 1. The van der Waals surface area contributed by atoms with Crippen molar-refractivity contribution in [2.24, 2.45) is 5.92 Å². The molecule has 1 aliphatic heterocycles. The molecule has 3 atom stereocenters. The van der Waals surface area contributed by atoms with Crippen LogP contribution in [0.5, 0.6) is 11.5 Å². The molecule has 0 spiro atoms. The van der Waals surface area contributed by atoms with Crippen molar-refractivity contribution in [1.29, 1.82) is 0 Å². The summed E-state index contributed by atoms with van der Waals surface area (Å²) >= 11 is 0. The molecule has 1 saturated heterocycles. The van der Waals surface area contributed by atoms with Crippen LogP contribution in [0.2, 0.25) is 0 Å². The van der Waals surface area contributed by atoms with Crippen LogP contribution in [0, 0.1) is 5.92 Å². The second kappa shape index (κ2) is 9.46. The second-order valence-corrected chi connectivity index (χ2v) is 8.14. The molecule has 0 radical (unpaired) electrons. The third-order valence-electron chi connectivity index (χ3n) is 6.17. The molecule has 0 aliphatic carbocycles. The fourth-order valence-electron chi connectivity index (χ4n) is 4.44. The second-order valence-electron chi connectivity index (χ2n) is 8.14. The topological polar surface area (TPSA) is 76.1 Å². The molecule has 4 rings (SSSR count). The Morgan fingerprint density at radius 3 is 1.76 bits per heavy atom. The molecule has 3 aromatic rings. The van der Waals surface area contributed by atoms with Crippen LogP contribution in [0.25, 0.3) is 0 Å². The van der Waals surface area contributed by atoms with Crippen LogP contribution in [0.3, 0.4) is 0 Å². The summed E-state index contributed by atoms with van der Waals surface area (Å²) in [6, 6.07) is 22.5. The van der Waals surface area contributed by atoms with Gasteiger partial charge in [-0.1, -0.05) is 54.6 Å². The number of carbonyl (C=O) groups is 2. The summed E-state index contributed by atoms with van der Waals surface area (Å²) in [6.07, 6.45) is -0.946. The molecule has 0 aromatic heterocycles. The van der Waals surface area contributed by atoms with E-state index >= 15 is 0 Å². The van der Waals surface area contributed by atoms with Crippen molar-refractivity contribution in [2.45, 2.75) is 25.1 Å². The first kappa shape index (κ1) is 22.6. The van der Waals surface area contributed by atoms with Crippen LogP contribution >= 0.6 is 0 Å². The summed E-state index contributed by atoms with van der Waals surface area (Å²) in [5.41, 5.74) is 2.18. The van der Waals surface area contributed by atoms with Crippen LogP contribution in [-0.4, -0.2) is 48.1 Å². The van der Waals surface area contributed by atoms with E-state index in [4.69, 9.17) is 9.47 Å². The Bertz CT molecular complexity index is 1060. The first-order valence-corrected chi connectivity index (χ1v) is 10.8. The zero-order valence-corrected chi connectivity index (χ0v) is 18.8. The molecule has 0 unspecified atom stereocenters. The Labute approximate surface area is 193 Å². The van der Waals surface area contributed by atoms with Crippen molar-refractivity contribution >= 4 is 11.7 Å². The van der Waals surface area contributed by atoms with Crippen molar-refractivity contribution in [3.05, 3.63) is 95.6 Å². The van der Waals surface area contributed by atoms with Crippen LogP contribution in [0.4, 0.5) is 0 Å². The van der Waals surface area contributed by atoms with Gasteiger partial charge in [-0.2, -0.15) is 0 Å². The van der Waals surface area contributed by atoms with Crippen LogP contribution < -0.4 is 9.47 Å². The molecule has 1 heterocycles. The monoisotopic (exact) mass is 445 g/mol. The summed E-state index contributed by atoms with van der Waals surface area (Å²) < 4.78 is 10.6. The molecule has 1 fully saturated rings. The van der Waals surface area contributed by atoms with E-state index in [2.05, 4.69) is 0 Å². The number of ether oxygens (including phenoxy) is 2. The molecule has 1 N–H and O–H groups in total. The van der Waals surface area contributed by atoms with E-state index in [0.717, 1.165) is 11.1 Å². The molecule has 170 valence electrons. The Kier molecular flexibility index (Phi) is 6.47. The number of hydrogen-bond donors (Lipinski definition) is 1. The summed E-state index contributed by atoms with van der Waals surface area (Å²) in [5.74, 6) is 0.155. The lowest BCUT2D eigenvalue weighted by Gasteiger charge is -2.51. The number of methoxy groups -OCH3 is 2. The number of nitrogens with zero attached hydrogens (tertiary/aromatic N) is 1. The van der Waals surface area contributed by atoms with Crippen LogP contribution in [-0.2, 0) is 4.79 Å². The maximum atomic E-state index is 13.5. The number of amides is 1. The van der Waals surface area contributed by atoms with Crippen molar-refractivity contribution in [1.82, 2.24) is 4.90 Å². The lowest BCUT2D eigenvalue weighted by molar-refractivity contribution is -0.163. The summed E-state index contributed by atoms with van der Waals surface area (Å²) in [7, 11) is 3.19. The number of β-lactam (4-membered cyclic amide) rings is 1. The normalized spacial score (nSPS) is 18.6. The maximum absolute atomic E-state index is 13.5. The highest BCUT2D eigenvalue weighted by atomic mass is 16.5. The largest absolute Gasteiger partial charge is 0.497 e. The minimum Gasteiger partial charge on any atom is -0.497 e. The average molecular weight is 446 g/mol. The van der Waals surface area contributed by atoms with Gasteiger partial charge in [-0.25, -0.2) is 0 Å². The molecular formula is C27H27NO5. The first-order valence-electron chi connectivity index (χ1n) is 10.8. The van der Waals surface area contributed by atoms with E-state index in [1.165, 1.54) is 0 Å². The molecule has 1 amide bonds. The molecular weight excluding hydrogens is 418 g/mol. The highest BCUT2D eigenvalue weighted by Crippen LogP contribution is 2.42. The fraction of sp³-hybridized carbons (Fsp3) is 0.259. The minimum atomic E-state index is -0.946. The number of carbonyl (C=O) groups excluding carboxylic acids is 2. The zero-order chi connectivity index (χ0) is 23.5. The third-order valence-corrected chi connectivity index (χ3v) is 6.17. The zero-order valence-electron chi connectivity index (χ0n) is 18.8. The van der Waals surface area contributed by atoms with E-state index in [1.807, 2.05) is 54.6 Å². The summed E-state index contributed by atoms with van der Waals surface area (Å²) in [5, 5.41) is 10.4. The molecule has 0 saturated carbocycles. The minimum absolute atomic E-state index is 0.187. The van der Waals surface area contributed by atoms with Crippen LogP contribution in [0.1, 0.15) is 34.5 Å². The smallest absolute Gasteiger partial charge is 0.232 e. The molecule has 1 aliphatic rings. The van der Waals surface area contributed by atoms with Gasteiger partial charge in [0, 0.05) is 5.56 Å². The average Bonchev–Trinajstić information content (AvgIpc) is 2.85. The Morgan fingerprint density at radius 2 is 1.33 bits per heavy atom. The highest BCUT2D eigenvalue weighted by Gasteiger charge is 2.56. The molecule has 3 aromatic carbocycles. The van der Waals surface area contributed by atoms with Crippen molar-refractivity contribution < 1.29 is 24.2 Å². The molecule has 0 bridgehead atoms. The third kappa shape index (κ3) is 4.22. The Hall–Kier alpha value is -3.64. The number of likely N-dealkylation sites (tertiary alicyclic amines) is 1. The Balaban J connectivity index is 1.80. The summed E-state index contributed by atoms with van der Waals surface area (Å²) in [4.78, 5) is 28.5. The Morgan fingerprint density at radius 1 is 0.848 bits per heavy atom. The summed E-state index contributed by atoms with van der Waals surface area (Å²) in [6.45, 7) is 1.56. The van der Waals surface area contributed by atoms with Crippen LogP contribution in [0.15, 0.2) is 78.9 Å². The molecule has 6 heteroatoms. The fourth-order valence-corrected chi connectivity index (χ4v) is 4.44. The van der Waals surface area contributed by atoms with E-state index in [9.17, 15) is 14.7 Å². The van der Waals surface area contributed by atoms with Gasteiger partial charge in [0.1, 0.15) is 17.5 Å². The van der Waals surface area contributed by atoms with Gasteiger partial charge < -0.3 is 19.5 Å². The molecule has 33 heavy (non-hydrogen) atoms. The van der Waals surface area contributed by atoms with E-state index in [0.29, 0.717) is 17.1 Å². The number of ketones is 1. The quantitative estimate of drug-likeness (QED) is 0.421. The van der Waals surface area contributed by atoms with Crippen molar-refractivity contribution in [2.75, 3.05) is 14.2 Å². The van der Waals surface area contributed by atoms with Gasteiger partial charge in [0.2, 0.25) is 5.91 Å². The predicted octanol–water partition coefficient (Wildman–Crippen LogP) is 3.88. The van der Waals surface area contributed by atoms with Gasteiger partial charge in [-0.05, 0) is 42.3 Å². The van der Waals surface area contributed by atoms with Gasteiger partial charge >= 0.3 is 0 Å². The SMILES string of the molecule is COc1ccc(C(c2ccc(OC)cc2)N2C(=O)[C@H]([C@@H](C)O)[C@H]2C(=O)c2ccccc2)cc1. The van der Waals surface area contributed by atoms with Gasteiger partial charge in [-0.15, -0.1) is 0 Å². The van der Waals surface area contributed by atoms with E-state index in [1.54, 1.807) is 50.3 Å². The van der Waals surface area contributed by atoms with Crippen molar-refractivity contribution in [3.8, 4) is 11.5 Å². The van der Waals surface area contributed by atoms with Gasteiger partial charge in [0.25, 0.3) is 0 Å². The van der Waals surface area contributed by atoms with E-state index < -0.39 is 24.1 Å². The van der Waals surface area contributed by atoms with Gasteiger partial charge in [0.05, 0.1) is 32.3 Å². The number of Topliss-reactive ketones (excluding diaryl/α,β-unsaturated/α-hetero) is 1.